The molecule has 11 heteroatoms. The lowest BCUT2D eigenvalue weighted by Gasteiger charge is -2.16. The molecular weight excluding hydrogens is 439 g/mol. The van der Waals surface area contributed by atoms with Crippen molar-refractivity contribution >= 4 is 27.6 Å². The second kappa shape index (κ2) is 8.60. The van der Waals surface area contributed by atoms with Crippen LogP contribution in [0.2, 0.25) is 0 Å². The molecule has 3 rings (SSSR count). The Bertz CT molecular complexity index is 1270. The summed E-state index contributed by atoms with van der Waals surface area (Å²) in [4.78, 5) is 16.0. The highest BCUT2D eigenvalue weighted by atomic mass is 32.2. The molecule has 0 atom stereocenters. The van der Waals surface area contributed by atoms with Gasteiger partial charge in [0.15, 0.2) is 17.1 Å². The number of hydrogen-bond donors (Lipinski definition) is 3. The molecule has 0 saturated heterocycles. The number of halogens is 1. The summed E-state index contributed by atoms with van der Waals surface area (Å²) in [7, 11) is -2.88. The van der Waals surface area contributed by atoms with Gasteiger partial charge in [-0.25, -0.2) is 17.8 Å². The minimum absolute atomic E-state index is 0.0972. The van der Waals surface area contributed by atoms with Gasteiger partial charge < -0.3 is 20.2 Å². The second-order valence-corrected chi connectivity index (χ2v) is 9.43. The Kier molecular flexibility index (Phi) is 6.24. The van der Waals surface area contributed by atoms with Crippen molar-refractivity contribution in [1.82, 2.24) is 4.98 Å². The van der Waals surface area contributed by atoms with Gasteiger partial charge in [0, 0.05) is 0 Å². The van der Waals surface area contributed by atoms with Gasteiger partial charge in [0.25, 0.3) is 15.9 Å². The Labute approximate surface area is 184 Å². The number of anilines is 2. The zero-order chi connectivity index (χ0) is 23.7. The van der Waals surface area contributed by atoms with Crippen LogP contribution in [0.4, 0.5) is 16.0 Å². The molecule has 0 fully saturated rings. The fourth-order valence-electron chi connectivity index (χ4n) is 2.67. The normalized spacial score (nSPS) is 11.8. The number of nitrogens with zero attached hydrogens (tertiary/aromatic N) is 1. The van der Waals surface area contributed by atoms with E-state index in [1.807, 2.05) is 0 Å². The van der Waals surface area contributed by atoms with Gasteiger partial charge in [-0.2, -0.15) is 0 Å². The molecule has 0 saturated carbocycles. The number of sulfonamides is 1. The number of carbonyl (C=O) groups excluding carboxylic acids is 1. The Morgan fingerprint density at radius 1 is 1.19 bits per heavy atom. The van der Waals surface area contributed by atoms with Gasteiger partial charge in [-0.15, -0.1) is 0 Å². The van der Waals surface area contributed by atoms with E-state index in [0.717, 1.165) is 6.07 Å². The molecule has 1 amide bonds. The smallest absolute Gasteiger partial charge is 0.286 e. The van der Waals surface area contributed by atoms with E-state index < -0.39 is 27.3 Å². The Morgan fingerprint density at radius 3 is 2.47 bits per heavy atom. The number of amides is 1. The van der Waals surface area contributed by atoms with Crippen molar-refractivity contribution in [2.75, 3.05) is 17.1 Å². The Hall–Kier alpha value is -3.44. The molecule has 2 aromatic heterocycles. The van der Waals surface area contributed by atoms with Crippen molar-refractivity contribution in [3.05, 3.63) is 54.0 Å². The summed E-state index contributed by atoms with van der Waals surface area (Å²) in [5.74, 6) is -0.236. The number of nitrogens with one attached hydrogen (secondary N) is 2. The lowest BCUT2D eigenvalue weighted by Crippen LogP contribution is -2.74. The number of hydrogen-bond acceptors (Lipinski definition) is 6. The maximum atomic E-state index is 14.6. The number of pyridine rings is 1. The molecule has 0 unspecified atom stereocenters. The number of methoxy groups -OCH3 is 1. The van der Waals surface area contributed by atoms with Crippen molar-refractivity contribution in [2.24, 2.45) is 0 Å². The van der Waals surface area contributed by atoms with Gasteiger partial charge in [0.05, 0.1) is 17.6 Å². The largest absolute Gasteiger partial charge is 0.493 e. The van der Waals surface area contributed by atoms with Crippen LogP contribution >= 0.6 is 0 Å². The molecule has 0 bridgehead atoms. The molecule has 3 aromatic rings. The number of carbonyl (C=O) groups is 1. The molecule has 0 spiro atoms. The van der Waals surface area contributed by atoms with Crippen LogP contribution in [0.1, 0.15) is 19.6 Å². The highest BCUT2D eigenvalue weighted by Gasteiger charge is 2.27. The van der Waals surface area contributed by atoms with Crippen LogP contribution in [0, 0.1) is 12.7 Å². The first-order valence-electron chi connectivity index (χ1n) is 9.52. The topological polar surface area (TPSA) is 138 Å². The number of benzene rings is 1. The van der Waals surface area contributed by atoms with E-state index >= 15 is 0 Å². The van der Waals surface area contributed by atoms with E-state index in [0.29, 0.717) is 5.76 Å². The minimum Gasteiger partial charge on any atom is -0.493 e. The first-order valence-corrected chi connectivity index (χ1v) is 11.0. The number of rotatable bonds is 7. The van der Waals surface area contributed by atoms with E-state index in [2.05, 4.69) is 20.8 Å². The molecule has 0 aliphatic carbocycles. The van der Waals surface area contributed by atoms with Gasteiger partial charge in [-0.1, -0.05) is 0 Å². The molecule has 32 heavy (non-hydrogen) atoms. The SMILES string of the molecule is COc1ccc(NC(=O)C(C)(C)[NH3+])nc1NS(=O)(=O)c1ccc(-c2ccc(C)o2)c(F)c1. The fraction of sp³-hybridized carbons (Fsp3) is 0.238. The zero-order valence-electron chi connectivity index (χ0n) is 18.0. The monoisotopic (exact) mass is 463 g/mol. The van der Waals surface area contributed by atoms with Gasteiger partial charge in [-0.3, -0.25) is 9.52 Å². The number of aromatic nitrogens is 1. The maximum absolute atomic E-state index is 14.6. The summed E-state index contributed by atoms with van der Waals surface area (Å²) in [5, 5.41) is 2.56. The van der Waals surface area contributed by atoms with Crippen molar-refractivity contribution < 1.29 is 32.5 Å². The van der Waals surface area contributed by atoms with Crippen molar-refractivity contribution in [3.63, 3.8) is 0 Å². The van der Waals surface area contributed by atoms with Crippen molar-refractivity contribution in [2.45, 2.75) is 31.2 Å². The van der Waals surface area contributed by atoms with E-state index in [4.69, 9.17) is 9.15 Å². The third-order valence-corrected chi connectivity index (χ3v) is 5.76. The lowest BCUT2D eigenvalue weighted by molar-refractivity contribution is -0.444. The third-order valence-electron chi connectivity index (χ3n) is 4.42. The quantitative estimate of drug-likeness (QED) is 0.492. The van der Waals surface area contributed by atoms with Crippen LogP contribution < -0.4 is 20.5 Å². The standard InChI is InChI=1S/C21H23FN4O5S/c1-12-5-8-16(31-12)14-7-6-13(11-15(14)22)32(28,29)26-19-17(30-4)9-10-18(24-19)25-20(27)21(2,3)23/h5-11H,23H2,1-4H3,(H2,24,25,26,27)/p+1. The van der Waals surface area contributed by atoms with Crippen LogP contribution in [-0.4, -0.2) is 32.0 Å². The summed E-state index contributed by atoms with van der Waals surface area (Å²) in [5.41, 5.74) is 2.95. The first-order chi connectivity index (χ1) is 14.9. The lowest BCUT2D eigenvalue weighted by atomic mass is 10.1. The predicted octanol–water partition coefficient (Wildman–Crippen LogP) is 2.56. The highest BCUT2D eigenvalue weighted by molar-refractivity contribution is 7.92. The summed E-state index contributed by atoms with van der Waals surface area (Å²) in [6, 6.07) is 9.64. The van der Waals surface area contributed by atoms with E-state index in [-0.39, 0.29) is 33.6 Å². The summed E-state index contributed by atoms with van der Waals surface area (Å²) >= 11 is 0. The molecule has 1 aromatic carbocycles. The van der Waals surface area contributed by atoms with Crippen LogP contribution in [0.15, 0.2) is 51.8 Å². The average Bonchev–Trinajstić information content (AvgIpc) is 3.13. The molecule has 170 valence electrons. The van der Waals surface area contributed by atoms with E-state index in [1.165, 1.54) is 31.4 Å². The molecular formula is C21H24FN4O5S+. The number of furan rings is 1. The van der Waals surface area contributed by atoms with Gasteiger partial charge in [0.2, 0.25) is 0 Å². The molecule has 2 heterocycles. The Balaban J connectivity index is 1.91. The summed E-state index contributed by atoms with van der Waals surface area (Å²) < 4.78 is 53.2. The average molecular weight is 464 g/mol. The van der Waals surface area contributed by atoms with E-state index in [9.17, 15) is 17.6 Å². The molecule has 0 aliphatic heterocycles. The summed E-state index contributed by atoms with van der Waals surface area (Å²) in [6.07, 6.45) is 0. The van der Waals surface area contributed by atoms with Crippen molar-refractivity contribution in [1.29, 1.82) is 0 Å². The molecule has 9 nitrogen and oxygen atoms in total. The van der Waals surface area contributed by atoms with Gasteiger partial charge in [-0.05, 0) is 63.2 Å². The molecule has 0 radical (unpaired) electrons. The van der Waals surface area contributed by atoms with Crippen LogP contribution in [-0.2, 0) is 14.8 Å². The van der Waals surface area contributed by atoms with Gasteiger partial charge in [0.1, 0.15) is 23.2 Å². The number of aryl methyl sites for hydroxylation is 1. The Morgan fingerprint density at radius 2 is 1.91 bits per heavy atom. The number of ether oxygens (including phenoxy) is 1. The molecule has 0 aliphatic rings. The number of quaternary nitrogens is 1. The van der Waals surface area contributed by atoms with Crippen LogP contribution in [0.25, 0.3) is 11.3 Å². The first kappa shape index (κ1) is 23.2. The van der Waals surface area contributed by atoms with E-state index in [1.54, 1.807) is 32.9 Å². The summed E-state index contributed by atoms with van der Waals surface area (Å²) in [6.45, 7) is 4.97. The second-order valence-electron chi connectivity index (χ2n) is 7.74. The zero-order valence-corrected chi connectivity index (χ0v) is 18.8. The molecule has 5 N–H and O–H groups in total. The van der Waals surface area contributed by atoms with Crippen LogP contribution in [0.5, 0.6) is 5.75 Å². The van der Waals surface area contributed by atoms with Crippen molar-refractivity contribution in [3.8, 4) is 17.1 Å². The maximum Gasteiger partial charge on any atom is 0.286 e. The van der Waals surface area contributed by atoms with Gasteiger partial charge >= 0.3 is 0 Å². The minimum atomic E-state index is -4.22. The predicted molar refractivity (Wildman–Crippen MR) is 116 cm³/mol. The van der Waals surface area contributed by atoms with Crippen LogP contribution in [0.3, 0.4) is 0 Å². The highest BCUT2D eigenvalue weighted by Crippen LogP contribution is 2.30. The third kappa shape index (κ3) is 5.06. The fourth-order valence-corrected chi connectivity index (χ4v) is 3.69.